The normalized spacial score (nSPS) is 10.5. The zero-order valence-electron chi connectivity index (χ0n) is 14.7. The van der Waals surface area contributed by atoms with Gasteiger partial charge in [0.25, 0.3) is 0 Å². The summed E-state index contributed by atoms with van der Waals surface area (Å²) in [5.41, 5.74) is 5.66. The first-order valence-corrected chi connectivity index (χ1v) is 7.78. The average Bonchev–Trinajstić information content (AvgIpc) is 2.89. The van der Waals surface area contributed by atoms with Gasteiger partial charge in [-0.2, -0.15) is 6.07 Å². The van der Waals surface area contributed by atoms with Gasteiger partial charge in [-0.1, -0.05) is 63.6 Å². The molecule has 3 rings (SSSR count). The molecule has 0 saturated carbocycles. The maximum atomic E-state index is 2.34. The molecule has 3 aromatic carbocycles. The molecule has 0 fully saturated rings. The fourth-order valence-electron chi connectivity index (χ4n) is 2.90. The first-order chi connectivity index (χ1) is 9.99. The summed E-state index contributed by atoms with van der Waals surface area (Å²) in [5.74, 6) is 0. The third kappa shape index (κ3) is 4.77. The zero-order chi connectivity index (χ0) is 15.0. The molecule has 0 heterocycles. The minimum absolute atomic E-state index is 0. The Labute approximate surface area is 177 Å². The monoisotopic (exact) mass is 525 g/mol. The molecule has 0 atom stereocenters. The van der Waals surface area contributed by atoms with Gasteiger partial charge in [-0.15, -0.1) is 34.5 Å². The molecule has 0 aliphatic heterocycles. The van der Waals surface area contributed by atoms with Crippen LogP contribution in [0.2, 0.25) is 0 Å². The van der Waals surface area contributed by atoms with Crippen molar-refractivity contribution in [1.82, 2.24) is 0 Å². The van der Waals surface area contributed by atoms with Gasteiger partial charge in [0.15, 0.2) is 0 Å². The minimum atomic E-state index is 0. The molecule has 128 valence electrons. The molecule has 24 heavy (non-hydrogen) atoms. The molecule has 0 N–H and O–H groups in total. The molecule has 0 aliphatic carbocycles. The van der Waals surface area contributed by atoms with Crippen LogP contribution in [0.25, 0.3) is 21.9 Å². The van der Waals surface area contributed by atoms with E-state index in [4.69, 9.17) is 0 Å². The topological polar surface area (TPSA) is 0 Å². The van der Waals surface area contributed by atoms with Crippen LogP contribution in [0.4, 0.5) is 0 Å². The van der Waals surface area contributed by atoms with E-state index in [2.05, 4.69) is 82.3 Å². The smallest absolute Gasteiger partial charge is 0 e. The maximum absolute atomic E-state index is 2.34. The van der Waals surface area contributed by atoms with E-state index >= 15 is 0 Å². The molecule has 0 radical (unpaired) electrons. The van der Waals surface area contributed by atoms with Crippen molar-refractivity contribution < 1.29 is 50.7 Å². The van der Waals surface area contributed by atoms with Crippen molar-refractivity contribution in [2.45, 2.75) is 39.5 Å². The average molecular weight is 525 g/mol. The summed E-state index contributed by atoms with van der Waals surface area (Å²) in [6.07, 6.45) is 1.09. The first kappa shape index (κ1) is 23.5. The SMILES string of the molecule is CCc1cc2c(-c3ccc(C(C)(C)C)cc3)cccc2[cH-]1.[Cl-].[Cl-].[Hf]. The summed E-state index contributed by atoms with van der Waals surface area (Å²) in [7, 11) is 0. The third-order valence-corrected chi connectivity index (χ3v) is 4.28. The Morgan fingerprint density at radius 2 is 1.54 bits per heavy atom. The fourth-order valence-corrected chi connectivity index (χ4v) is 2.90. The number of aryl methyl sites for hydroxylation is 1. The van der Waals surface area contributed by atoms with Gasteiger partial charge in [-0.25, -0.2) is 0 Å². The van der Waals surface area contributed by atoms with Crippen molar-refractivity contribution in [3.63, 3.8) is 0 Å². The molecule has 0 amide bonds. The summed E-state index contributed by atoms with van der Waals surface area (Å²) >= 11 is 0. The number of halogens is 2. The second-order valence-electron chi connectivity index (χ2n) is 6.85. The van der Waals surface area contributed by atoms with Gasteiger partial charge in [0.1, 0.15) is 0 Å². The number of hydrogen-bond acceptors (Lipinski definition) is 0. The Bertz CT molecular complexity index is 765. The Balaban J connectivity index is 0.00000176. The first-order valence-electron chi connectivity index (χ1n) is 7.78. The Kier molecular flexibility index (Phi) is 9.07. The van der Waals surface area contributed by atoms with Gasteiger partial charge in [-0.3, -0.25) is 0 Å². The van der Waals surface area contributed by atoms with Crippen LogP contribution >= 0.6 is 0 Å². The van der Waals surface area contributed by atoms with Crippen LogP contribution in [-0.2, 0) is 37.7 Å². The van der Waals surface area contributed by atoms with Crippen LogP contribution in [0.15, 0.2) is 54.6 Å². The summed E-state index contributed by atoms with van der Waals surface area (Å²) in [4.78, 5) is 0. The molecule has 0 unspecified atom stereocenters. The third-order valence-electron chi connectivity index (χ3n) is 4.28. The van der Waals surface area contributed by atoms with Crippen molar-refractivity contribution in [1.29, 1.82) is 0 Å². The van der Waals surface area contributed by atoms with Crippen LogP contribution < -0.4 is 24.8 Å². The minimum Gasteiger partial charge on any atom is -1.00 e. The van der Waals surface area contributed by atoms with Crippen LogP contribution in [-0.4, -0.2) is 0 Å². The van der Waals surface area contributed by atoms with E-state index < -0.39 is 0 Å². The predicted octanol–water partition coefficient (Wildman–Crippen LogP) is 0.0911. The van der Waals surface area contributed by atoms with E-state index in [1.54, 1.807) is 0 Å². The summed E-state index contributed by atoms with van der Waals surface area (Å²) in [6, 6.07) is 20.3. The molecular weight excluding hydrogens is 502 g/mol. The number of benzene rings is 2. The van der Waals surface area contributed by atoms with Crippen LogP contribution in [0.1, 0.15) is 38.8 Å². The van der Waals surface area contributed by atoms with Gasteiger partial charge in [-0.05, 0) is 23.0 Å². The molecule has 0 nitrogen and oxygen atoms in total. The van der Waals surface area contributed by atoms with Gasteiger partial charge < -0.3 is 24.8 Å². The van der Waals surface area contributed by atoms with Crippen molar-refractivity contribution in [2.75, 3.05) is 0 Å². The number of hydrogen-bond donors (Lipinski definition) is 0. The quantitative estimate of drug-likeness (QED) is 0.329. The second-order valence-corrected chi connectivity index (χ2v) is 6.85. The molecule has 0 aromatic heterocycles. The predicted molar refractivity (Wildman–Crippen MR) is 93.1 cm³/mol. The van der Waals surface area contributed by atoms with Crippen LogP contribution in [0, 0.1) is 0 Å². The van der Waals surface area contributed by atoms with E-state index in [0.717, 1.165) is 6.42 Å². The van der Waals surface area contributed by atoms with E-state index in [9.17, 15) is 0 Å². The Morgan fingerprint density at radius 3 is 2.08 bits per heavy atom. The summed E-state index contributed by atoms with van der Waals surface area (Å²) in [5, 5.41) is 2.72. The molecule has 3 aromatic rings. The maximum Gasteiger partial charge on any atom is 0 e. The van der Waals surface area contributed by atoms with Gasteiger partial charge in [0, 0.05) is 25.8 Å². The van der Waals surface area contributed by atoms with Gasteiger partial charge in [0.05, 0.1) is 0 Å². The van der Waals surface area contributed by atoms with Crippen LogP contribution in [0.5, 0.6) is 0 Å². The van der Waals surface area contributed by atoms with Gasteiger partial charge in [0.2, 0.25) is 0 Å². The van der Waals surface area contributed by atoms with Gasteiger partial charge >= 0.3 is 0 Å². The number of rotatable bonds is 2. The standard InChI is InChI=1S/C21H23.2ClH.Hf/c1-5-15-13-17-7-6-8-19(20(17)14-15)16-9-11-18(12-10-16)21(2,3)4;;;/h6-14H,5H2,1-4H3;2*1H;/q-1;;;/p-2. The zero-order valence-corrected chi connectivity index (χ0v) is 19.8. The second kappa shape index (κ2) is 9.27. The van der Waals surface area contributed by atoms with E-state index in [0.29, 0.717) is 0 Å². The van der Waals surface area contributed by atoms with E-state index in [-0.39, 0.29) is 56.1 Å². The van der Waals surface area contributed by atoms with Crippen LogP contribution in [0.3, 0.4) is 0 Å². The summed E-state index contributed by atoms with van der Waals surface area (Å²) < 4.78 is 0. The van der Waals surface area contributed by atoms with Crippen molar-refractivity contribution in [3.8, 4) is 11.1 Å². The molecule has 0 spiro atoms. The molecule has 0 bridgehead atoms. The molecule has 0 aliphatic rings. The Morgan fingerprint density at radius 1 is 0.917 bits per heavy atom. The largest absolute Gasteiger partial charge is 1.00 e. The fraction of sp³-hybridized carbons (Fsp3) is 0.286. The van der Waals surface area contributed by atoms with Crippen molar-refractivity contribution in [3.05, 3.63) is 65.7 Å². The van der Waals surface area contributed by atoms with Crippen molar-refractivity contribution in [2.24, 2.45) is 0 Å². The van der Waals surface area contributed by atoms with E-state index in [1.165, 1.54) is 33.0 Å². The summed E-state index contributed by atoms with van der Waals surface area (Å²) in [6.45, 7) is 8.99. The molecular formula is C21H23Cl2Hf-3. The molecule has 0 saturated heterocycles. The molecule has 3 heteroatoms. The van der Waals surface area contributed by atoms with Crippen molar-refractivity contribution >= 4 is 10.8 Å². The number of fused-ring (bicyclic) bond motifs is 1. The van der Waals surface area contributed by atoms with E-state index in [1.807, 2.05) is 0 Å². The Hall–Kier alpha value is -0.500.